The molecule has 1 aliphatic rings. The van der Waals surface area contributed by atoms with Crippen LogP contribution in [0.5, 0.6) is 11.5 Å². The standard InChI is InChI=1S/C16H23N3O2/c1-16(2,3)15-18-11-9-13-14(21-8-7-20-13)10-12(11)19(15)6-4-5-17/h9-10H,4-8,17H2,1-3H3. The van der Waals surface area contributed by atoms with Gasteiger partial charge in [-0.3, -0.25) is 0 Å². The van der Waals surface area contributed by atoms with E-state index in [0.717, 1.165) is 41.3 Å². The van der Waals surface area contributed by atoms with Crippen molar-refractivity contribution in [3.05, 3.63) is 18.0 Å². The lowest BCUT2D eigenvalue weighted by Crippen LogP contribution is -2.20. The first-order valence-corrected chi connectivity index (χ1v) is 7.51. The summed E-state index contributed by atoms with van der Waals surface area (Å²) in [5.74, 6) is 2.68. The smallest absolute Gasteiger partial charge is 0.163 e. The molecule has 2 aromatic rings. The first-order valence-electron chi connectivity index (χ1n) is 7.51. The van der Waals surface area contributed by atoms with Crippen LogP contribution in [0.3, 0.4) is 0 Å². The quantitative estimate of drug-likeness (QED) is 0.942. The van der Waals surface area contributed by atoms with Crippen LogP contribution in [0.15, 0.2) is 12.1 Å². The van der Waals surface area contributed by atoms with Crippen molar-refractivity contribution in [2.45, 2.75) is 39.2 Å². The number of nitrogens with two attached hydrogens (primary N) is 1. The molecule has 1 aromatic carbocycles. The molecule has 0 spiro atoms. The molecule has 0 radical (unpaired) electrons. The third kappa shape index (κ3) is 2.58. The normalized spacial score (nSPS) is 14.7. The first kappa shape index (κ1) is 14.2. The Morgan fingerprint density at radius 1 is 1.19 bits per heavy atom. The van der Waals surface area contributed by atoms with Crippen LogP contribution in [0.2, 0.25) is 0 Å². The molecule has 3 rings (SSSR count). The van der Waals surface area contributed by atoms with E-state index in [1.807, 2.05) is 12.1 Å². The number of fused-ring (bicyclic) bond motifs is 2. The molecule has 114 valence electrons. The highest BCUT2D eigenvalue weighted by Gasteiger charge is 2.24. The summed E-state index contributed by atoms with van der Waals surface area (Å²) in [6.45, 7) is 9.29. The van der Waals surface area contributed by atoms with E-state index in [-0.39, 0.29) is 5.41 Å². The number of hydrogen-bond donors (Lipinski definition) is 1. The Bertz CT molecular complexity index is 656. The molecule has 5 heteroatoms. The molecule has 0 unspecified atom stereocenters. The van der Waals surface area contributed by atoms with Crippen LogP contribution in [-0.4, -0.2) is 29.3 Å². The van der Waals surface area contributed by atoms with E-state index in [9.17, 15) is 0 Å². The maximum absolute atomic E-state index is 5.70. The van der Waals surface area contributed by atoms with Crippen LogP contribution in [0.25, 0.3) is 11.0 Å². The molecule has 0 bridgehead atoms. The van der Waals surface area contributed by atoms with Crippen LogP contribution in [0.4, 0.5) is 0 Å². The monoisotopic (exact) mass is 289 g/mol. The van der Waals surface area contributed by atoms with Gasteiger partial charge in [-0.2, -0.15) is 0 Å². The zero-order chi connectivity index (χ0) is 15.0. The second-order valence-electron chi connectivity index (χ2n) is 6.46. The molecule has 1 aromatic heterocycles. The molecule has 0 atom stereocenters. The van der Waals surface area contributed by atoms with Crippen molar-refractivity contribution in [2.75, 3.05) is 19.8 Å². The van der Waals surface area contributed by atoms with Gasteiger partial charge in [0.25, 0.3) is 0 Å². The molecule has 0 fully saturated rings. The van der Waals surface area contributed by atoms with Crippen molar-refractivity contribution < 1.29 is 9.47 Å². The van der Waals surface area contributed by atoms with Gasteiger partial charge in [0.15, 0.2) is 11.5 Å². The summed E-state index contributed by atoms with van der Waals surface area (Å²) in [5.41, 5.74) is 7.72. The Balaban J connectivity index is 2.17. The van der Waals surface area contributed by atoms with Crippen LogP contribution >= 0.6 is 0 Å². The van der Waals surface area contributed by atoms with Crippen molar-refractivity contribution in [1.29, 1.82) is 0 Å². The summed E-state index contributed by atoms with van der Waals surface area (Å²) in [6.07, 6.45) is 0.934. The highest BCUT2D eigenvalue weighted by Crippen LogP contribution is 2.36. The van der Waals surface area contributed by atoms with Gasteiger partial charge < -0.3 is 19.8 Å². The third-order valence-corrected chi connectivity index (χ3v) is 3.67. The largest absolute Gasteiger partial charge is 0.486 e. The number of imidazole rings is 1. The van der Waals surface area contributed by atoms with E-state index in [4.69, 9.17) is 20.2 Å². The van der Waals surface area contributed by atoms with Gasteiger partial charge in [-0.05, 0) is 13.0 Å². The van der Waals surface area contributed by atoms with E-state index < -0.39 is 0 Å². The van der Waals surface area contributed by atoms with Crippen molar-refractivity contribution in [2.24, 2.45) is 5.73 Å². The number of ether oxygens (including phenoxy) is 2. The van der Waals surface area contributed by atoms with Gasteiger partial charge >= 0.3 is 0 Å². The minimum atomic E-state index is -0.0180. The topological polar surface area (TPSA) is 62.3 Å². The average molecular weight is 289 g/mol. The second-order valence-corrected chi connectivity index (χ2v) is 6.46. The molecular weight excluding hydrogens is 266 g/mol. The maximum Gasteiger partial charge on any atom is 0.163 e. The zero-order valence-electron chi connectivity index (χ0n) is 13.0. The van der Waals surface area contributed by atoms with Crippen molar-refractivity contribution >= 4 is 11.0 Å². The number of benzene rings is 1. The lowest BCUT2D eigenvalue weighted by atomic mass is 9.95. The van der Waals surface area contributed by atoms with E-state index >= 15 is 0 Å². The Kier molecular flexibility index (Phi) is 3.53. The first-order chi connectivity index (χ1) is 10.0. The third-order valence-electron chi connectivity index (χ3n) is 3.67. The summed E-state index contributed by atoms with van der Waals surface area (Å²) in [7, 11) is 0. The van der Waals surface area contributed by atoms with Gasteiger partial charge in [-0.1, -0.05) is 20.8 Å². The van der Waals surface area contributed by atoms with Crippen molar-refractivity contribution in [3.63, 3.8) is 0 Å². The molecule has 2 N–H and O–H groups in total. The van der Waals surface area contributed by atoms with Gasteiger partial charge in [0.1, 0.15) is 19.0 Å². The Morgan fingerprint density at radius 3 is 2.48 bits per heavy atom. The Hall–Kier alpha value is -1.75. The molecule has 0 amide bonds. The minimum absolute atomic E-state index is 0.0180. The molecule has 21 heavy (non-hydrogen) atoms. The molecule has 5 nitrogen and oxygen atoms in total. The zero-order valence-corrected chi connectivity index (χ0v) is 13.0. The second kappa shape index (κ2) is 5.22. The summed E-state index contributed by atoms with van der Waals surface area (Å²) in [6, 6.07) is 4.03. The summed E-state index contributed by atoms with van der Waals surface area (Å²) >= 11 is 0. The Morgan fingerprint density at radius 2 is 1.86 bits per heavy atom. The summed E-state index contributed by atoms with van der Waals surface area (Å²) in [4.78, 5) is 4.83. The van der Waals surface area contributed by atoms with E-state index in [0.29, 0.717) is 19.8 Å². The number of rotatable bonds is 3. The summed E-state index contributed by atoms with van der Waals surface area (Å²) in [5, 5.41) is 0. The fraction of sp³-hybridized carbons (Fsp3) is 0.562. The van der Waals surface area contributed by atoms with Gasteiger partial charge in [0, 0.05) is 24.1 Å². The fourth-order valence-corrected chi connectivity index (χ4v) is 2.71. The number of nitrogens with zero attached hydrogens (tertiary/aromatic N) is 2. The van der Waals surface area contributed by atoms with Crippen LogP contribution < -0.4 is 15.2 Å². The number of hydrogen-bond acceptors (Lipinski definition) is 4. The van der Waals surface area contributed by atoms with Gasteiger partial charge in [0.05, 0.1) is 11.0 Å². The van der Waals surface area contributed by atoms with Gasteiger partial charge in [-0.25, -0.2) is 4.98 Å². The van der Waals surface area contributed by atoms with Gasteiger partial charge in [0.2, 0.25) is 0 Å². The average Bonchev–Trinajstić information content (AvgIpc) is 2.80. The van der Waals surface area contributed by atoms with Crippen molar-refractivity contribution in [1.82, 2.24) is 9.55 Å². The van der Waals surface area contributed by atoms with Gasteiger partial charge in [-0.15, -0.1) is 0 Å². The summed E-state index contributed by atoms with van der Waals surface area (Å²) < 4.78 is 13.6. The maximum atomic E-state index is 5.70. The lowest BCUT2D eigenvalue weighted by Gasteiger charge is -2.20. The number of aryl methyl sites for hydroxylation is 1. The van der Waals surface area contributed by atoms with E-state index in [1.165, 1.54) is 0 Å². The molecular formula is C16H23N3O2. The Labute approximate surface area is 125 Å². The van der Waals surface area contributed by atoms with Crippen LogP contribution in [0.1, 0.15) is 33.0 Å². The lowest BCUT2D eigenvalue weighted by molar-refractivity contribution is 0.172. The fourth-order valence-electron chi connectivity index (χ4n) is 2.71. The molecule has 2 heterocycles. The number of aromatic nitrogens is 2. The van der Waals surface area contributed by atoms with Crippen molar-refractivity contribution in [3.8, 4) is 11.5 Å². The van der Waals surface area contributed by atoms with E-state index in [2.05, 4.69) is 25.3 Å². The highest BCUT2D eigenvalue weighted by molar-refractivity contribution is 5.81. The predicted molar refractivity (Wildman–Crippen MR) is 83.1 cm³/mol. The van der Waals surface area contributed by atoms with Crippen LogP contribution in [0, 0.1) is 0 Å². The predicted octanol–water partition coefficient (Wildman–Crippen LogP) is 2.45. The molecule has 0 saturated carbocycles. The highest BCUT2D eigenvalue weighted by atomic mass is 16.6. The minimum Gasteiger partial charge on any atom is -0.486 e. The SMILES string of the molecule is CC(C)(C)c1nc2cc3c(cc2n1CCCN)OCCO3. The van der Waals surface area contributed by atoms with E-state index in [1.54, 1.807) is 0 Å². The molecule has 0 aliphatic carbocycles. The molecule has 0 saturated heterocycles. The van der Waals surface area contributed by atoms with Crippen LogP contribution in [-0.2, 0) is 12.0 Å². The molecule has 1 aliphatic heterocycles.